The molecule has 0 saturated carbocycles. The van der Waals surface area contributed by atoms with Crippen molar-refractivity contribution < 1.29 is 0 Å². The predicted molar refractivity (Wildman–Crippen MR) is 70.6 cm³/mol. The lowest BCUT2D eigenvalue weighted by Crippen LogP contribution is -2.44. The SMILES string of the molecule is CCC1CN(C)CCCN1C(C)CCCN. The number of likely N-dealkylation sites (N-methyl/N-ethyl adjacent to an activating group) is 1. The van der Waals surface area contributed by atoms with Gasteiger partial charge in [-0.25, -0.2) is 0 Å². The molecule has 1 heterocycles. The summed E-state index contributed by atoms with van der Waals surface area (Å²) < 4.78 is 0. The van der Waals surface area contributed by atoms with Crippen molar-refractivity contribution in [1.82, 2.24) is 9.80 Å². The van der Waals surface area contributed by atoms with Gasteiger partial charge in [0.25, 0.3) is 0 Å². The third kappa shape index (κ3) is 4.04. The Morgan fingerprint density at radius 3 is 2.75 bits per heavy atom. The first-order valence-electron chi connectivity index (χ1n) is 6.83. The molecule has 0 bridgehead atoms. The third-order valence-electron chi connectivity index (χ3n) is 3.81. The second-order valence-electron chi connectivity index (χ2n) is 5.20. The van der Waals surface area contributed by atoms with Crippen molar-refractivity contribution in [3.8, 4) is 0 Å². The summed E-state index contributed by atoms with van der Waals surface area (Å²) in [7, 11) is 2.25. The average Bonchev–Trinajstić information content (AvgIpc) is 2.47. The van der Waals surface area contributed by atoms with Crippen LogP contribution in [0.5, 0.6) is 0 Å². The molecule has 0 aromatic carbocycles. The van der Waals surface area contributed by atoms with Gasteiger partial charge in [-0.3, -0.25) is 4.90 Å². The summed E-state index contributed by atoms with van der Waals surface area (Å²) >= 11 is 0. The maximum Gasteiger partial charge on any atom is 0.0223 e. The summed E-state index contributed by atoms with van der Waals surface area (Å²) in [5.41, 5.74) is 5.60. The lowest BCUT2D eigenvalue weighted by atomic mass is 10.1. The Bertz CT molecular complexity index is 184. The largest absolute Gasteiger partial charge is 0.330 e. The van der Waals surface area contributed by atoms with E-state index in [0.717, 1.165) is 19.0 Å². The summed E-state index contributed by atoms with van der Waals surface area (Å²) in [6.07, 6.45) is 4.97. The van der Waals surface area contributed by atoms with Crippen molar-refractivity contribution >= 4 is 0 Å². The highest BCUT2D eigenvalue weighted by atomic mass is 15.2. The number of hydrogen-bond donors (Lipinski definition) is 1. The highest BCUT2D eigenvalue weighted by molar-refractivity contribution is 4.81. The first-order valence-corrected chi connectivity index (χ1v) is 6.83. The van der Waals surface area contributed by atoms with Crippen LogP contribution >= 0.6 is 0 Å². The van der Waals surface area contributed by atoms with E-state index in [-0.39, 0.29) is 0 Å². The van der Waals surface area contributed by atoms with Gasteiger partial charge in [0.2, 0.25) is 0 Å². The quantitative estimate of drug-likeness (QED) is 0.773. The molecule has 0 radical (unpaired) electrons. The smallest absolute Gasteiger partial charge is 0.0223 e. The maximum atomic E-state index is 5.60. The molecule has 2 N–H and O–H groups in total. The Morgan fingerprint density at radius 2 is 2.12 bits per heavy atom. The third-order valence-corrected chi connectivity index (χ3v) is 3.81. The summed E-state index contributed by atoms with van der Waals surface area (Å²) in [5.74, 6) is 0. The molecule has 2 unspecified atom stereocenters. The molecule has 96 valence electrons. The monoisotopic (exact) mass is 227 g/mol. The van der Waals surface area contributed by atoms with Crippen LogP contribution in [0.3, 0.4) is 0 Å². The van der Waals surface area contributed by atoms with E-state index in [2.05, 4.69) is 30.7 Å². The molecule has 2 atom stereocenters. The summed E-state index contributed by atoms with van der Waals surface area (Å²) in [4.78, 5) is 5.18. The fourth-order valence-corrected chi connectivity index (χ4v) is 2.78. The highest BCUT2D eigenvalue weighted by Gasteiger charge is 2.25. The standard InChI is InChI=1S/C13H29N3/c1-4-13-11-15(3)9-6-10-16(13)12(2)7-5-8-14/h12-13H,4-11,14H2,1-3H3. The van der Waals surface area contributed by atoms with Gasteiger partial charge in [-0.05, 0) is 59.3 Å². The molecular weight excluding hydrogens is 198 g/mol. The Morgan fingerprint density at radius 1 is 1.38 bits per heavy atom. The van der Waals surface area contributed by atoms with Crippen LogP contribution in [-0.4, -0.2) is 55.1 Å². The van der Waals surface area contributed by atoms with E-state index in [1.165, 1.54) is 38.9 Å². The van der Waals surface area contributed by atoms with E-state index in [9.17, 15) is 0 Å². The number of nitrogens with two attached hydrogens (primary N) is 1. The van der Waals surface area contributed by atoms with E-state index in [1.54, 1.807) is 0 Å². The van der Waals surface area contributed by atoms with E-state index >= 15 is 0 Å². The van der Waals surface area contributed by atoms with Gasteiger partial charge < -0.3 is 10.6 Å². The Labute approximate surface area is 101 Å². The van der Waals surface area contributed by atoms with Crippen molar-refractivity contribution in [2.75, 3.05) is 33.2 Å². The molecule has 1 fully saturated rings. The van der Waals surface area contributed by atoms with Gasteiger partial charge >= 0.3 is 0 Å². The lowest BCUT2D eigenvalue weighted by Gasteiger charge is -2.35. The van der Waals surface area contributed by atoms with Crippen molar-refractivity contribution in [1.29, 1.82) is 0 Å². The molecule has 0 aromatic heterocycles. The highest BCUT2D eigenvalue weighted by Crippen LogP contribution is 2.17. The van der Waals surface area contributed by atoms with Crippen molar-refractivity contribution in [3.05, 3.63) is 0 Å². The van der Waals surface area contributed by atoms with Gasteiger partial charge in [-0.15, -0.1) is 0 Å². The molecule has 1 aliphatic heterocycles. The molecule has 0 aliphatic carbocycles. The number of nitrogens with zero attached hydrogens (tertiary/aromatic N) is 2. The molecule has 1 aliphatic rings. The van der Waals surface area contributed by atoms with E-state index < -0.39 is 0 Å². The van der Waals surface area contributed by atoms with Crippen LogP contribution in [0.4, 0.5) is 0 Å². The summed E-state index contributed by atoms with van der Waals surface area (Å²) in [5, 5.41) is 0. The minimum absolute atomic E-state index is 0.694. The zero-order chi connectivity index (χ0) is 12.0. The van der Waals surface area contributed by atoms with Crippen LogP contribution < -0.4 is 5.73 Å². The fraction of sp³-hybridized carbons (Fsp3) is 1.00. The van der Waals surface area contributed by atoms with Crippen LogP contribution in [-0.2, 0) is 0 Å². The fourth-order valence-electron chi connectivity index (χ4n) is 2.78. The van der Waals surface area contributed by atoms with Gasteiger partial charge in [-0.1, -0.05) is 6.92 Å². The minimum Gasteiger partial charge on any atom is -0.330 e. The molecule has 0 spiro atoms. The lowest BCUT2D eigenvalue weighted by molar-refractivity contribution is 0.130. The molecule has 1 saturated heterocycles. The molecule has 0 amide bonds. The van der Waals surface area contributed by atoms with Crippen molar-refractivity contribution in [2.24, 2.45) is 5.73 Å². The Balaban J connectivity index is 2.52. The zero-order valence-corrected chi connectivity index (χ0v) is 11.3. The Kier molecular flexibility index (Phi) is 6.32. The van der Waals surface area contributed by atoms with Crippen LogP contribution in [0.2, 0.25) is 0 Å². The van der Waals surface area contributed by atoms with Crippen LogP contribution in [0.15, 0.2) is 0 Å². The van der Waals surface area contributed by atoms with Gasteiger partial charge in [0.15, 0.2) is 0 Å². The first kappa shape index (κ1) is 13.9. The summed E-state index contributed by atoms with van der Waals surface area (Å²) in [6, 6.07) is 1.43. The molecule has 3 heteroatoms. The van der Waals surface area contributed by atoms with E-state index in [1.807, 2.05) is 0 Å². The van der Waals surface area contributed by atoms with Gasteiger partial charge in [0, 0.05) is 18.6 Å². The second-order valence-corrected chi connectivity index (χ2v) is 5.20. The predicted octanol–water partition coefficient (Wildman–Crippen LogP) is 1.53. The van der Waals surface area contributed by atoms with Gasteiger partial charge in [-0.2, -0.15) is 0 Å². The molecule has 0 aromatic rings. The van der Waals surface area contributed by atoms with E-state index in [4.69, 9.17) is 5.73 Å². The average molecular weight is 227 g/mol. The number of hydrogen-bond acceptors (Lipinski definition) is 3. The van der Waals surface area contributed by atoms with Crippen molar-refractivity contribution in [2.45, 2.75) is 51.6 Å². The molecule has 1 rings (SSSR count). The first-order chi connectivity index (χ1) is 7.69. The molecule has 16 heavy (non-hydrogen) atoms. The normalized spacial score (nSPS) is 26.6. The van der Waals surface area contributed by atoms with Gasteiger partial charge in [0.1, 0.15) is 0 Å². The number of rotatable bonds is 5. The van der Waals surface area contributed by atoms with Gasteiger partial charge in [0.05, 0.1) is 0 Å². The van der Waals surface area contributed by atoms with E-state index in [0.29, 0.717) is 6.04 Å². The topological polar surface area (TPSA) is 32.5 Å². The van der Waals surface area contributed by atoms with Crippen LogP contribution in [0.25, 0.3) is 0 Å². The second kappa shape index (κ2) is 7.25. The Hall–Kier alpha value is -0.120. The zero-order valence-electron chi connectivity index (χ0n) is 11.3. The van der Waals surface area contributed by atoms with Crippen LogP contribution in [0, 0.1) is 0 Å². The van der Waals surface area contributed by atoms with Crippen LogP contribution in [0.1, 0.15) is 39.5 Å². The maximum absolute atomic E-state index is 5.60. The molecular formula is C13H29N3. The molecule has 3 nitrogen and oxygen atoms in total. The minimum atomic E-state index is 0.694. The summed E-state index contributed by atoms with van der Waals surface area (Å²) in [6.45, 7) is 9.24. The van der Waals surface area contributed by atoms with Crippen molar-refractivity contribution in [3.63, 3.8) is 0 Å².